The second-order valence-electron chi connectivity index (χ2n) is 3.23. The van der Waals surface area contributed by atoms with Gasteiger partial charge in [-0.2, -0.15) is 0 Å². The lowest BCUT2D eigenvalue weighted by Crippen LogP contribution is -1.95. The first kappa shape index (κ1) is 11.4. The van der Waals surface area contributed by atoms with E-state index in [0.29, 0.717) is 0 Å². The fourth-order valence-electron chi connectivity index (χ4n) is 1.49. The smallest absolute Gasteiger partial charge is 0.171 e. The van der Waals surface area contributed by atoms with Crippen molar-refractivity contribution in [1.82, 2.24) is 0 Å². The molecular formula is C13H16O2. The molecule has 1 aromatic rings. The van der Waals surface area contributed by atoms with E-state index in [1.54, 1.807) is 7.11 Å². The number of ether oxygens (including phenoxy) is 2. The molecule has 0 aliphatic carbocycles. The molecule has 80 valence electrons. The van der Waals surface area contributed by atoms with Crippen LogP contribution in [-0.4, -0.2) is 7.11 Å². The third-order valence-electron chi connectivity index (χ3n) is 2.06. The second kappa shape index (κ2) is 5.25. The number of methoxy groups -OCH3 is 1. The maximum absolute atomic E-state index is 5.36. The molecule has 0 aliphatic rings. The number of aryl methyl sites for hydroxylation is 1. The Labute approximate surface area is 90.8 Å². The molecule has 1 aromatic carbocycles. The van der Waals surface area contributed by atoms with Gasteiger partial charge in [-0.3, -0.25) is 0 Å². The zero-order chi connectivity index (χ0) is 11.3. The molecule has 0 unspecified atom stereocenters. The van der Waals surface area contributed by atoms with E-state index in [1.807, 2.05) is 19.1 Å². The molecule has 0 fully saturated rings. The summed E-state index contributed by atoms with van der Waals surface area (Å²) in [5.74, 6) is 1.45. The van der Waals surface area contributed by atoms with Gasteiger partial charge in [-0.25, -0.2) is 0 Å². The lowest BCUT2D eigenvalue weighted by molar-refractivity contribution is 0.376. The molecule has 0 bridgehead atoms. The van der Waals surface area contributed by atoms with Gasteiger partial charge >= 0.3 is 0 Å². The maximum Gasteiger partial charge on any atom is 0.171 e. The Bertz CT molecular complexity index is 367. The van der Waals surface area contributed by atoms with Gasteiger partial charge in [0.25, 0.3) is 0 Å². The van der Waals surface area contributed by atoms with Crippen LogP contribution < -0.4 is 9.47 Å². The molecule has 0 saturated heterocycles. The van der Waals surface area contributed by atoms with Gasteiger partial charge in [0.2, 0.25) is 0 Å². The monoisotopic (exact) mass is 204 g/mol. The first-order valence-corrected chi connectivity index (χ1v) is 4.79. The first-order chi connectivity index (χ1) is 7.22. The van der Waals surface area contributed by atoms with Gasteiger partial charge in [-0.15, -0.1) is 6.58 Å². The molecule has 2 heteroatoms. The fourth-order valence-corrected chi connectivity index (χ4v) is 1.49. The van der Waals surface area contributed by atoms with Crippen molar-refractivity contribution in [2.45, 2.75) is 13.3 Å². The molecule has 0 aliphatic heterocycles. The quantitative estimate of drug-likeness (QED) is 0.541. The summed E-state index contributed by atoms with van der Waals surface area (Å²) >= 11 is 0. The number of hydrogen-bond donors (Lipinski definition) is 0. The van der Waals surface area contributed by atoms with Crippen molar-refractivity contribution in [2.75, 3.05) is 7.11 Å². The van der Waals surface area contributed by atoms with Crippen LogP contribution >= 0.6 is 0 Å². The number of hydrogen-bond acceptors (Lipinski definition) is 2. The average Bonchev–Trinajstić information content (AvgIpc) is 2.22. The molecule has 0 amide bonds. The van der Waals surface area contributed by atoms with Gasteiger partial charge < -0.3 is 9.47 Å². The van der Waals surface area contributed by atoms with Crippen molar-refractivity contribution < 1.29 is 9.47 Å². The van der Waals surface area contributed by atoms with Crippen molar-refractivity contribution in [2.24, 2.45) is 0 Å². The summed E-state index contributed by atoms with van der Waals surface area (Å²) in [4.78, 5) is 0. The van der Waals surface area contributed by atoms with E-state index in [9.17, 15) is 0 Å². The predicted molar refractivity (Wildman–Crippen MR) is 62.5 cm³/mol. The molecule has 0 aromatic heterocycles. The summed E-state index contributed by atoms with van der Waals surface area (Å²) in [5.41, 5.74) is 2.20. The van der Waals surface area contributed by atoms with Crippen molar-refractivity contribution in [3.05, 3.63) is 48.8 Å². The minimum Gasteiger partial charge on any atom is -0.493 e. The number of benzene rings is 1. The highest BCUT2D eigenvalue weighted by Crippen LogP contribution is 2.33. The SMILES string of the molecule is C=CCc1cc(C)cc(OC)c1OC=C. The molecule has 0 saturated carbocycles. The van der Waals surface area contributed by atoms with E-state index in [1.165, 1.54) is 6.26 Å². The van der Waals surface area contributed by atoms with Crippen LogP contribution in [0.5, 0.6) is 11.5 Å². The Morgan fingerprint density at radius 2 is 2.07 bits per heavy atom. The van der Waals surface area contributed by atoms with Crippen molar-refractivity contribution >= 4 is 0 Å². The zero-order valence-electron chi connectivity index (χ0n) is 9.25. The van der Waals surface area contributed by atoms with E-state index in [2.05, 4.69) is 19.2 Å². The Morgan fingerprint density at radius 3 is 2.60 bits per heavy atom. The minimum absolute atomic E-state index is 0.720. The maximum atomic E-state index is 5.36. The van der Waals surface area contributed by atoms with Gasteiger partial charge in [-0.05, 0) is 25.0 Å². The summed E-state index contributed by atoms with van der Waals surface area (Å²) in [5, 5.41) is 0. The largest absolute Gasteiger partial charge is 0.493 e. The van der Waals surface area contributed by atoms with Gasteiger partial charge in [0.05, 0.1) is 13.4 Å². The third-order valence-corrected chi connectivity index (χ3v) is 2.06. The molecule has 0 N–H and O–H groups in total. The van der Waals surface area contributed by atoms with Crippen LogP contribution in [0.4, 0.5) is 0 Å². The van der Waals surface area contributed by atoms with Crippen LogP contribution in [-0.2, 0) is 6.42 Å². The van der Waals surface area contributed by atoms with E-state index in [4.69, 9.17) is 9.47 Å². The summed E-state index contributed by atoms with van der Waals surface area (Å²) in [6.45, 7) is 9.29. The summed E-state index contributed by atoms with van der Waals surface area (Å²) in [6, 6.07) is 3.99. The molecule has 15 heavy (non-hydrogen) atoms. The van der Waals surface area contributed by atoms with Gasteiger partial charge in [0.1, 0.15) is 0 Å². The van der Waals surface area contributed by atoms with Crippen LogP contribution in [0, 0.1) is 6.92 Å². The van der Waals surface area contributed by atoms with E-state index >= 15 is 0 Å². The summed E-state index contributed by atoms with van der Waals surface area (Å²) < 4.78 is 10.6. The minimum atomic E-state index is 0.720. The van der Waals surface area contributed by atoms with Crippen molar-refractivity contribution in [1.29, 1.82) is 0 Å². The van der Waals surface area contributed by atoms with Crippen molar-refractivity contribution in [3.8, 4) is 11.5 Å². The Morgan fingerprint density at radius 1 is 1.33 bits per heavy atom. The molecule has 1 rings (SSSR count). The van der Waals surface area contributed by atoms with E-state index in [-0.39, 0.29) is 0 Å². The van der Waals surface area contributed by atoms with Gasteiger partial charge in [-0.1, -0.05) is 18.7 Å². The lowest BCUT2D eigenvalue weighted by atomic mass is 10.1. The molecule has 0 radical (unpaired) electrons. The molecule has 0 atom stereocenters. The molecule has 0 heterocycles. The highest BCUT2D eigenvalue weighted by atomic mass is 16.5. The standard InChI is InChI=1S/C13H16O2/c1-5-7-11-8-10(3)9-12(14-4)13(11)15-6-2/h5-6,8-9H,1-2,7H2,3-4H3. The van der Waals surface area contributed by atoms with Crippen molar-refractivity contribution in [3.63, 3.8) is 0 Å². The molecule has 0 spiro atoms. The Kier molecular flexibility index (Phi) is 3.98. The van der Waals surface area contributed by atoms with Crippen LogP contribution in [0.15, 0.2) is 37.6 Å². The van der Waals surface area contributed by atoms with Crippen LogP contribution in [0.25, 0.3) is 0 Å². The summed E-state index contributed by atoms with van der Waals surface area (Å²) in [6.07, 6.45) is 3.99. The van der Waals surface area contributed by atoms with Gasteiger partial charge in [0.15, 0.2) is 11.5 Å². The predicted octanol–water partition coefficient (Wildman–Crippen LogP) is 3.25. The average molecular weight is 204 g/mol. The summed E-state index contributed by atoms with van der Waals surface area (Å²) in [7, 11) is 1.63. The zero-order valence-corrected chi connectivity index (χ0v) is 9.25. The third kappa shape index (κ3) is 2.62. The van der Waals surface area contributed by atoms with E-state index in [0.717, 1.165) is 29.0 Å². The topological polar surface area (TPSA) is 18.5 Å². The molecule has 2 nitrogen and oxygen atoms in total. The van der Waals surface area contributed by atoms with Gasteiger partial charge in [0, 0.05) is 5.56 Å². The van der Waals surface area contributed by atoms with Crippen LogP contribution in [0.3, 0.4) is 0 Å². The highest BCUT2D eigenvalue weighted by Gasteiger charge is 2.10. The fraction of sp³-hybridized carbons (Fsp3) is 0.231. The number of rotatable bonds is 5. The Balaban J connectivity index is 3.25. The normalized spacial score (nSPS) is 9.47. The van der Waals surface area contributed by atoms with E-state index < -0.39 is 0 Å². The molecular weight excluding hydrogens is 188 g/mol. The van der Waals surface area contributed by atoms with Crippen LogP contribution in [0.2, 0.25) is 0 Å². The highest BCUT2D eigenvalue weighted by molar-refractivity contribution is 5.50. The lowest BCUT2D eigenvalue weighted by Gasteiger charge is -2.12. The van der Waals surface area contributed by atoms with Crippen LogP contribution in [0.1, 0.15) is 11.1 Å². The Hall–Kier alpha value is -1.70. The number of allylic oxidation sites excluding steroid dienone is 1. The first-order valence-electron chi connectivity index (χ1n) is 4.79. The second-order valence-corrected chi connectivity index (χ2v) is 3.23.